The number of carbonyl (C=O) groups is 3. The second-order valence-corrected chi connectivity index (χ2v) is 7.02. The standard InChI is InChI=1S/C18H28N2O3.C2H2O4/c1-14(2)12-17(21)20-10-8-19(9-11-20)13-15-6-5-7-16(22-3)18(15)23-4;3-1(4)2(5)6/h5-7,14H,8-13H2,1-4H3;(H,3,4)(H,5,6). The third kappa shape index (κ3) is 7.98. The minimum atomic E-state index is -1.82. The monoisotopic (exact) mass is 410 g/mol. The molecular formula is C20H30N2O7. The number of ether oxygens (including phenoxy) is 2. The Morgan fingerprint density at radius 3 is 2.03 bits per heavy atom. The summed E-state index contributed by atoms with van der Waals surface area (Å²) in [6.45, 7) is 8.38. The lowest BCUT2D eigenvalue weighted by atomic mass is 10.1. The first-order valence-corrected chi connectivity index (χ1v) is 9.35. The summed E-state index contributed by atoms with van der Waals surface area (Å²) in [5.41, 5.74) is 1.12. The van der Waals surface area contributed by atoms with Crippen molar-refractivity contribution in [3.8, 4) is 11.5 Å². The predicted molar refractivity (Wildman–Crippen MR) is 106 cm³/mol. The number of methoxy groups -OCH3 is 2. The molecule has 9 nitrogen and oxygen atoms in total. The fourth-order valence-corrected chi connectivity index (χ4v) is 2.95. The molecule has 1 heterocycles. The number of nitrogens with zero attached hydrogens (tertiary/aromatic N) is 2. The second kappa shape index (κ2) is 11.9. The highest BCUT2D eigenvalue weighted by molar-refractivity contribution is 6.27. The highest BCUT2D eigenvalue weighted by Gasteiger charge is 2.22. The molecule has 1 aromatic rings. The molecule has 0 radical (unpaired) electrons. The quantitative estimate of drug-likeness (QED) is 0.679. The van der Waals surface area contributed by atoms with Gasteiger partial charge in [-0.15, -0.1) is 0 Å². The molecular weight excluding hydrogens is 380 g/mol. The molecule has 1 amide bonds. The van der Waals surface area contributed by atoms with Crippen molar-refractivity contribution in [1.29, 1.82) is 0 Å². The second-order valence-electron chi connectivity index (χ2n) is 7.02. The number of carboxylic acids is 2. The van der Waals surface area contributed by atoms with Crippen LogP contribution in [-0.2, 0) is 20.9 Å². The van der Waals surface area contributed by atoms with E-state index in [9.17, 15) is 4.79 Å². The molecule has 0 unspecified atom stereocenters. The lowest BCUT2D eigenvalue weighted by molar-refractivity contribution is -0.159. The molecule has 9 heteroatoms. The molecule has 1 fully saturated rings. The Hall–Kier alpha value is -2.81. The number of amides is 1. The predicted octanol–water partition coefficient (Wildman–Crippen LogP) is 1.55. The Bertz CT molecular complexity index is 686. The highest BCUT2D eigenvalue weighted by Crippen LogP contribution is 2.31. The maximum Gasteiger partial charge on any atom is 0.414 e. The Labute approximate surface area is 170 Å². The van der Waals surface area contributed by atoms with Crippen molar-refractivity contribution in [1.82, 2.24) is 9.80 Å². The van der Waals surface area contributed by atoms with Crippen LogP contribution in [0.2, 0.25) is 0 Å². The van der Waals surface area contributed by atoms with Crippen LogP contribution in [0.5, 0.6) is 11.5 Å². The van der Waals surface area contributed by atoms with E-state index < -0.39 is 11.9 Å². The van der Waals surface area contributed by atoms with Crippen LogP contribution in [0, 0.1) is 5.92 Å². The highest BCUT2D eigenvalue weighted by atomic mass is 16.5. The van der Waals surface area contributed by atoms with Crippen molar-refractivity contribution in [3.63, 3.8) is 0 Å². The minimum absolute atomic E-state index is 0.276. The number of hydrogen-bond donors (Lipinski definition) is 2. The maximum absolute atomic E-state index is 12.1. The molecule has 2 rings (SSSR count). The van der Waals surface area contributed by atoms with E-state index in [1.165, 1.54) is 0 Å². The van der Waals surface area contributed by atoms with Crippen LogP contribution < -0.4 is 9.47 Å². The van der Waals surface area contributed by atoms with Crippen molar-refractivity contribution in [3.05, 3.63) is 23.8 Å². The average molecular weight is 410 g/mol. The minimum Gasteiger partial charge on any atom is -0.493 e. The van der Waals surface area contributed by atoms with Crippen LogP contribution in [0.1, 0.15) is 25.8 Å². The SMILES string of the molecule is COc1cccc(CN2CCN(C(=O)CC(C)C)CC2)c1OC.O=C(O)C(=O)O. The Kier molecular flexibility index (Phi) is 9.94. The van der Waals surface area contributed by atoms with Crippen LogP contribution >= 0.6 is 0 Å². The normalized spacial score (nSPS) is 14.0. The summed E-state index contributed by atoms with van der Waals surface area (Å²) in [6.07, 6.45) is 0.643. The molecule has 1 aliphatic rings. The fourth-order valence-electron chi connectivity index (χ4n) is 2.95. The molecule has 0 atom stereocenters. The zero-order valence-corrected chi connectivity index (χ0v) is 17.4. The number of rotatable bonds is 6. The molecule has 0 aliphatic carbocycles. The summed E-state index contributed by atoms with van der Waals surface area (Å²) < 4.78 is 10.9. The molecule has 29 heavy (non-hydrogen) atoms. The number of para-hydroxylation sites is 1. The largest absolute Gasteiger partial charge is 0.493 e. The first kappa shape index (κ1) is 24.2. The topological polar surface area (TPSA) is 117 Å². The average Bonchev–Trinajstić information content (AvgIpc) is 2.68. The van der Waals surface area contributed by atoms with E-state index in [-0.39, 0.29) is 5.91 Å². The third-order valence-corrected chi connectivity index (χ3v) is 4.37. The van der Waals surface area contributed by atoms with Gasteiger partial charge in [-0.1, -0.05) is 26.0 Å². The zero-order valence-electron chi connectivity index (χ0n) is 17.4. The van der Waals surface area contributed by atoms with E-state index in [1.54, 1.807) is 14.2 Å². The van der Waals surface area contributed by atoms with Gasteiger partial charge < -0.3 is 24.6 Å². The molecule has 1 aliphatic heterocycles. The summed E-state index contributed by atoms with van der Waals surface area (Å²) >= 11 is 0. The number of carbonyl (C=O) groups excluding carboxylic acids is 1. The van der Waals surface area contributed by atoms with Gasteiger partial charge in [-0.3, -0.25) is 9.69 Å². The van der Waals surface area contributed by atoms with Gasteiger partial charge in [0.25, 0.3) is 0 Å². The van der Waals surface area contributed by atoms with Crippen LogP contribution in [-0.4, -0.2) is 78.3 Å². The molecule has 162 valence electrons. The summed E-state index contributed by atoms with van der Waals surface area (Å²) in [7, 11) is 3.32. The van der Waals surface area contributed by atoms with Crippen molar-refractivity contribution in [2.24, 2.45) is 5.92 Å². The smallest absolute Gasteiger partial charge is 0.414 e. The van der Waals surface area contributed by atoms with E-state index in [1.807, 2.05) is 17.0 Å². The van der Waals surface area contributed by atoms with Crippen LogP contribution in [0.4, 0.5) is 0 Å². The molecule has 0 saturated carbocycles. The van der Waals surface area contributed by atoms with Crippen LogP contribution in [0.15, 0.2) is 18.2 Å². The Morgan fingerprint density at radius 2 is 1.59 bits per heavy atom. The van der Waals surface area contributed by atoms with Gasteiger partial charge >= 0.3 is 11.9 Å². The van der Waals surface area contributed by atoms with E-state index in [2.05, 4.69) is 24.8 Å². The van der Waals surface area contributed by atoms with Gasteiger partial charge in [0, 0.05) is 44.7 Å². The molecule has 0 spiro atoms. The van der Waals surface area contributed by atoms with E-state index in [4.69, 9.17) is 29.3 Å². The van der Waals surface area contributed by atoms with E-state index in [0.29, 0.717) is 12.3 Å². The number of carboxylic acid groups (broad SMARTS) is 2. The summed E-state index contributed by atoms with van der Waals surface area (Å²) in [5, 5.41) is 14.8. The molecule has 1 aromatic carbocycles. The van der Waals surface area contributed by atoms with Gasteiger partial charge in [-0.2, -0.15) is 0 Å². The van der Waals surface area contributed by atoms with Gasteiger partial charge in [0.2, 0.25) is 5.91 Å². The lowest BCUT2D eigenvalue weighted by Gasteiger charge is -2.35. The molecule has 2 N–H and O–H groups in total. The molecule has 0 aromatic heterocycles. The number of aliphatic carboxylic acids is 2. The first-order chi connectivity index (χ1) is 13.7. The van der Waals surface area contributed by atoms with Gasteiger partial charge in [-0.05, 0) is 12.0 Å². The van der Waals surface area contributed by atoms with E-state index in [0.717, 1.165) is 49.8 Å². The zero-order chi connectivity index (χ0) is 22.0. The summed E-state index contributed by atoms with van der Waals surface area (Å²) in [5.74, 6) is -1.39. The van der Waals surface area contributed by atoms with Gasteiger partial charge in [0.05, 0.1) is 14.2 Å². The lowest BCUT2D eigenvalue weighted by Crippen LogP contribution is -2.48. The molecule has 0 bridgehead atoms. The maximum atomic E-state index is 12.1. The van der Waals surface area contributed by atoms with Crippen molar-refractivity contribution in [2.75, 3.05) is 40.4 Å². The van der Waals surface area contributed by atoms with Crippen molar-refractivity contribution < 1.29 is 34.1 Å². The van der Waals surface area contributed by atoms with Crippen molar-refractivity contribution >= 4 is 17.8 Å². The molecule has 1 saturated heterocycles. The number of piperazine rings is 1. The van der Waals surface area contributed by atoms with Crippen LogP contribution in [0.3, 0.4) is 0 Å². The Balaban J connectivity index is 0.000000612. The first-order valence-electron chi connectivity index (χ1n) is 9.35. The van der Waals surface area contributed by atoms with Crippen LogP contribution in [0.25, 0.3) is 0 Å². The van der Waals surface area contributed by atoms with Gasteiger partial charge in [-0.25, -0.2) is 9.59 Å². The Morgan fingerprint density at radius 1 is 1.00 bits per heavy atom. The summed E-state index contributed by atoms with van der Waals surface area (Å²) in [6, 6.07) is 5.96. The number of hydrogen-bond acceptors (Lipinski definition) is 6. The fraction of sp³-hybridized carbons (Fsp3) is 0.550. The van der Waals surface area contributed by atoms with Gasteiger partial charge in [0.15, 0.2) is 11.5 Å². The third-order valence-electron chi connectivity index (χ3n) is 4.37. The summed E-state index contributed by atoms with van der Waals surface area (Å²) in [4.78, 5) is 34.7. The van der Waals surface area contributed by atoms with Crippen molar-refractivity contribution in [2.45, 2.75) is 26.8 Å². The van der Waals surface area contributed by atoms with E-state index >= 15 is 0 Å². The number of benzene rings is 1. The van der Waals surface area contributed by atoms with Gasteiger partial charge in [0.1, 0.15) is 0 Å².